The first-order chi connectivity index (χ1) is 15.1. The Hall–Kier alpha value is -1.59. The zero-order chi connectivity index (χ0) is 21.5. The summed E-state index contributed by atoms with van der Waals surface area (Å²) in [4.78, 5) is 21.2. The minimum atomic E-state index is -0.102. The number of fused-ring (bicyclic) bond motifs is 2. The smallest absolute Gasteiger partial charge is 0.230 e. The number of carbonyl (C=O) groups is 1. The number of likely N-dealkylation sites (tertiary alicyclic amines) is 3. The lowest BCUT2D eigenvalue weighted by atomic mass is 9.65. The summed E-state index contributed by atoms with van der Waals surface area (Å²) in [5.41, 5.74) is 1.60. The highest BCUT2D eigenvalue weighted by atomic mass is 16.5. The molecule has 0 N–H and O–H groups in total. The Morgan fingerprint density at radius 1 is 1.06 bits per heavy atom. The van der Waals surface area contributed by atoms with E-state index in [4.69, 9.17) is 4.74 Å². The molecule has 1 aromatic rings. The van der Waals surface area contributed by atoms with Crippen molar-refractivity contribution >= 4 is 5.91 Å². The third kappa shape index (κ3) is 3.68. The standard InChI is InChI=1S/C26H39N3O2/c1-3-27-19-23-25(9-10-26(23,20-27)24(30)29-13-4-5-14-29)11-15-28(16-12-25)18-21-7-6-8-22(17-21)31-2/h6-8,17,23H,3-5,9-16,18-20H2,1-2H3/t23-,26+/m0/s1. The van der Waals surface area contributed by atoms with Gasteiger partial charge < -0.3 is 14.5 Å². The van der Waals surface area contributed by atoms with Crippen molar-refractivity contribution < 1.29 is 9.53 Å². The first kappa shape index (κ1) is 21.3. The molecule has 5 nitrogen and oxygen atoms in total. The summed E-state index contributed by atoms with van der Waals surface area (Å²) in [5.74, 6) is 1.99. The Bertz CT molecular complexity index is 798. The number of amides is 1. The van der Waals surface area contributed by atoms with Crippen LogP contribution in [0.3, 0.4) is 0 Å². The van der Waals surface area contributed by atoms with Crippen LogP contribution < -0.4 is 4.74 Å². The summed E-state index contributed by atoms with van der Waals surface area (Å²) in [7, 11) is 1.74. The molecule has 31 heavy (non-hydrogen) atoms. The molecule has 1 aliphatic carbocycles. The molecule has 0 unspecified atom stereocenters. The SMILES string of the molecule is CCN1C[C@H]2C3(CCN(Cc4cccc(OC)c4)CC3)CC[C@@]2(C(=O)N2CCCC2)C1. The van der Waals surface area contributed by atoms with Crippen molar-refractivity contribution in [3.05, 3.63) is 29.8 Å². The van der Waals surface area contributed by atoms with E-state index in [1.54, 1.807) is 7.11 Å². The Morgan fingerprint density at radius 2 is 1.84 bits per heavy atom. The van der Waals surface area contributed by atoms with Crippen LogP contribution in [0.25, 0.3) is 0 Å². The van der Waals surface area contributed by atoms with Crippen LogP contribution in [0.4, 0.5) is 0 Å². The second kappa shape index (κ2) is 8.40. The van der Waals surface area contributed by atoms with Crippen molar-refractivity contribution in [1.82, 2.24) is 14.7 Å². The molecule has 5 rings (SSSR count). The van der Waals surface area contributed by atoms with E-state index in [2.05, 4.69) is 39.8 Å². The molecule has 1 amide bonds. The lowest BCUT2D eigenvalue weighted by molar-refractivity contribution is -0.143. The fourth-order valence-corrected chi connectivity index (χ4v) is 7.27. The lowest BCUT2D eigenvalue weighted by Crippen LogP contribution is -2.49. The molecule has 0 aromatic heterocycles. The number of rotatable bonds is 5. The molecule has 0 bridgehead atoms. The summed E-state index contributed by atoms with van der Waals surface area (Å²) in [6.07, 6.45) is 7.23. The van der Waals surface area contributed by atoms with Crippen molar-refractivity contribution in [2.45, 2.75) is 52.0 Å². The van der Waals surface area contributed by atoms with Gasteiger partial charge in [-0.3, -0.25) is 9.69 Å². The van der Waals surface area contributed by atoms with Crippen LogP contribution in [-0.4, -0.2) is 73.5 Å². The molecule has 1 aromatic carbocycles. The fourth-order valence-electron chi connectivity index (χ4n) is 7.27. The van der Waals surface area contributed by atoms with Gasteiger partial charge in [0.25, 0.3) is 0 Å². The third-order valence-corrected chi connectivity index (χ3v) is 9.08. The van der Waals surface area contributed by atoms with E-state index in [0.29, 0.717) is 17.2 Å². The Balaban J connectivity index is 1.30. The zero-order valence-electron chi connectivity index (χ0n) is 19.4. The minimum Gasteiger partial charge on any atom is -0.497 e. The van der Waals surface area contributed by atoms with Gasteiger partial charge in [0, 0.05) is 32.7 Å². The number of piperidine rings is 1. The number of benzene rings is 1. The van der Waals surface area contributed by atoms with Crippen molar-refractivity contribution in [1.29, 1.82) is 0 Å². The molecule has 4 aliphatic rings. The summed E-state index contributed by atoms with van der Waals surface area (Å²) in [5, 5.41) is 0. The van der Waals surface area contributed by atoms with Crippen LogP contribution in [0.1, 0.15) is 51.0 Å². The van der Waals surface area contributed by atoms with Gasteiger partial charge in [0.15, 0.2) is 0 Å². The Kier molecular flexibility index (Phi) is 5.76. The van der Waals surface area contributed by atoms with Crippen LogP contribution in [0.2, 0.25) is 0 Å². The first-order valence-corrected chi connectivity index (χ1v) is 12.5. The van der Waals surface area contributed by atoms with Crippen molar-refractivity contribution in [2.75, 3.05) is 52.9 Å². The van der Waals surface area contributed by atoms with E-state index < -0.39 is 0 Å². The number of hydrogen-bond acceptors (Lipinski definition) is 4. The number of carbonyl (C=O) groups excluding carboxylic acids is 1. The van der Waals surface area contributed by atoms with E-state index in [9.17, 15) is 4.79 Å². The topological polar surface area (TPSA) is 36.0 Å². The maximum atomic E-state index is 13.8. The van der Waals surface area contributed by atoms with Gasteiger partial charge in [0.05, 0.1) is 12.5 Å². The predicted molar refractivity (Wildman–Crippen MR) is 123 cm³/mol. The lowest BCUT2D eigenvalue weighted by Gasteiger charge is -2.45. The largest absolute Gasteiger partial charge is 0.497 e. The molecular formula is C26H39N3O2. The molecule has 1 saturated carbocycles. The number of nitrogens with zero attached hydrogens (tertiary/aromatic N) is 3. The summed E-state index contributed by atoms with van der Waals surface area (Å²) < 4.78 is 5.40. The molecule has 2 atom stereocenters. The normalized spacial score (nSPS) is 30.8. The Labute approximate surface area is 187 Å². The molecule has 3 saturated heterocycles. The predicted octanol–water partition coefficient (Wildman–Crippen LogP) is 3.63. The molecule has 170 valence electrons. The van der Waals surface area contributed by atoms with Crippen molar-refractivity contribution in [3.8, 4) is 5.75 Å². The van der Waals surface area contributed by atoms with E-state index in [-0.39, 0.29) is 5.41 Å². The quantitative estimate of drug-likeness (QED) is 0.722. The highest BCUT2D eigenvalue weighted by molar-refractivity contribution is 5.84. The van der Waals surface area contributed by atoms with Crippen LogP contribution in [0.5, 0.6) is 5.75 Å². The van der Waals surface area contributed by atoms with Crippen LogP contribution >= 0.6 is 0 Å². The second-order valence-electron chi connectivity index (χ2n) is 10.5. The zero-order valence-corrected chi connectivity index (χ0v) is 19.4. The molecule has 1 spiro atoms. The first-order valence-electron chi connectivity index (χ1n) is 12.5. The number of hydrogen-bond donors (Lipinski definition) is 0. The van der Waals surface area contributed by atoms with Crippen LogP contribution in [0.15, 0.2) is 24.3 Å². The highest BCUT2D eigenvalue weighted by Gasteiger charge is 2.64. The molecule has 3 heterocycles. The molecule has 0 radical (unpaired) electrons. The minimum absolute atomic E-state index is 0.102. The van der Waals surface area contributed by atoms with Gasteiger partial charge in [-0.05, 0) is 87.2 Å². The van der Waals surface area contributed by atoms with Crippen molar-refractivity contribution in [3.63, 3.8) is 0 Å². The number of methoxy groups -OCH3 is 1. The molecule has 4 fully saturated rings. The highest BCUT2D eigenvalue weighted by Crippen LogP contribution is 2.62. The maximum absolute atomic E-state index is 13.8. The summed E-state index contributed by atoms with van der Waals surface area (Å²) >= 11 is 0. The van der Waals surface area contributed by atoms with Gasteiger partial charge in [-0.2, -0.15) is 0 Å². The van der Waals surface area contributed by atoms with E-state index in [1.807, 2.05) is 6.07 Å². The second-order valence-corrected chi connectivity index (χ2v) is 10.5. The van der Waals surface area contributed by atoms with Crippen LogP contribution in [0, 0.1) is 16.7 Å². The number of ether oxygens (including phenoxy) is 1. The monoisotopic (exact) mass is 425 g/mol. The van der Waals surface area contributed by atoms with Gasteiger partial charge in [0.1, 0.15) is 5.75 Å². The average Bonchev–Trinajstić information content (AvgIpc) is 3.52. The van der Waals surface area contributed by atoms with Gasteiger partial charge in [-0.25, -0.2) is 0 Å². The molecule has 5 heteroatoms. The molecule has 3 aliphatic heterocycles. The summed E-state index contributed by atoms with van der Waals surface area (Å²) in [6, 6.07) is 8.48. The van der Waals surface area contributed by atoms with E-state index >= 15 is 0 Å². The van der Waals surface area contributed by atoms with Gasteiger partial charge in [-0.15, -0.1) is 0 Å². The van der Waals surface area contributed by atoms with Gasteiger partial charge in [-0.1, -0.05) is 19.1 Å². The van der Waals surface area contributed by atoms with Gasteiger partial charge in [0.2, 0.25) is 5.91 Å². The maximum Gasteiger partial charge on any atom is 0.230 e. The van der Waals surface area contributed by atoms with Crippen LogP contribution in [-0.2, 0) is 11.3 Å². The van der Waals surface area contributed by atoms with E-state index in [0.717, 1.165) is 64.5 Å². The third-order valence-electron chi connectivity index (χ3n) is 9.08. The molecular weight excluding hydrogens is 386 g/mol. The Morgan fingerprint density at radius 3 is 2.55 bits per heavy atom. The van der Waals surface area contributed by atoms with Crippen molar-refractivity contribution in [2.24, 2.45) is 16.7 Å². The average molecular weight is 426 g/mol. The van der Waals surface area contributed by atoms with E-state index in [1.165, 1.54) is 37.7 Å². The van der Waals surface area contributed by atoms with Gasteiger partial charge >= 0.3 is 0 Å². The fraction of sp³-hybridized carbons (Fsp3) is 0.731. The summed E-state index contributed by atoms with van der Waals surface area (Å²) in [6.45, 7) is 10.7.